The molecule has 0 aromatic carbocycles. The molecule has 1 rings (SSSR count). The van der Waals surface area contributed by atoms with Crippen molar-refractivity contribution in [3.63, 3.8) is 0 Å². The first-order valence-electron chi connectivity index (χ1n) is 7.59. The minimum atomic E-state index is -0.950. The summed E-state index contributed by atoms with van der Waals surface area (Å²) in [7, 11) is 0. The molecule has 0 aromatic heterocycles. The van der Waals surface area contributed by atoms with E-state index in [1.54, 1.807) is 0 Å². The molecule has 0 spiro atoms. The normalized spacial score (nSPS) is 28.5. The maximum absolute atomic E-state index is 12.4. The molecular weight excluding hydrogens is 272 g/mol. The lowest BCUT2D eigenvalue weighted by Gasteiger charge is -2.57. The first-order valence-corrected chi connectivity index (χ1v) is 7.59. The second-order valence-corrected chi connectivity index (χ2v) is 6.42. The molecule has 1 amide bonds. The van der Waals surface area contributed by atoms with Crippen molar-refractivity contribution in [2.45, 2.75) is 58.6 Å². The average molecular weight is 300 g/mol. The molecule has 1 aliphatic rings. The summed E-state index contributed by atoms with van der Waals surface area (Å²) in [5, 5.41) is 11.6. The molecule has 0 radical (unpaired) electrons. The monoisotopic (exact) mass is 300 g/mol. The summed E-state index contributed by atoms with van der Waals surface area (Å²) < 4.78 is 5.60. The number of nitrogens with two attached hydrogens (primary N) is 1. The highest BCUT2D eigenvalue weighted by Crippen LogP contribution is 2.49. The molecule has 1 fully saturated rings. The zero-order valence-electron chi connectivity index (χ0n) is 13.4. The van der Waals surface area contributed by atoms with Crippen LogP contribution in [0.4, 0.5) is 0 Å². The zero-order valence-corrected chi connectivity index (χ0v) is 13.4. The van der Waals surface area contributed by atoms with Crippen LogP contribution in [0.2, 0.25) is 0 Å². The topological polar surface area (TPSA) is 102 Å². The van der Waals surface area contributed by atoms with Gasteiger partial charge in [-0.15, -0.1) is 0 Å². The molecule has 6 heteroatoms. The molecule has 21 heavy (non-hydrogen) atoms. The number of hydrogen-bond acceptors (Lipinski definition) is 4. The molecule has 6 nitrogen and oxygen atoms in total. The minimum absolute atomic E-state index is 0.0146. The van der Waals surface area contributed by atoms with Crippen molar-refractivity contribution in [3.05, 3.63) is 0 Å². The van der Waals surface area contributed by atoms with Crippen molar-refractivity contribution in [2.24, 2.45) is 17.1 Å². The molecule has 0 aromatic rings. The fourth-order valence-corrected chi connectivity index (χ4v) is 2.82. The maximum Gasteiger partial charge on any atom is 0.303 e. The average Bonchev–Trinajstić information content (AvgIpc) is 2.42. The molecule has 4 N–H and O–H groups in total. The molecule has 1 saturated carbocycles. The van der Waals surface area contributed by atoms with Crippen LogP contribution >= 0.6 is 0 Å². The van der Waals surface area contributed by atoms with Gasteiger partial charge in [0, 0.05) is 31.4 Å². The van der Waals surface area contributed by atoms with Gasteiger partial charge in [-0.2, -0.15) is 0 Å². The van der Waals surface area contributed by atoms with Gasteiger partial charge in [0.05, 0.1) is 6.10 Å². The third-order valence-electron chi connectivity index (χ3n) is 4.83. The molecule has 122 valence electrons. The van der Waals surface area contributed by atoms with Gasteiger partial charge in [0.15, 0.2) is 0 Å². The first-order chi connectivity index (χ1) is 9.68. The number of amides is 1. The Morgan fingerprint density at radius 1 is 1.43 bits per heavy atom. The Morgan fingerprint density at radius 3 is 2.48 bits per heavy atom. The van der Waals surface area contributed by atoms with Gasteiger partial charge in [-0.1, -0.05) is 27.2 Å². The molecule has 3 unspecified atom stereocenters. The summed E-state index contributed by atoms with van der Waals surface area (Å²) in [6, 6.07) is 0. The third kappa shape index (κ3) is 3.55. The summed E-state index contributed by atoms with van der Waals surface area (Å²) >= 11 is 0. The largest absolute Gasteiger partial charge is 0.481 e. The van der Waals surface area contributed by atoms with Crippen LogP contribution in [-0.4, -0.2) is 41.8 Å². The Bertz CT molecular complexity index is 397. The molecule has 0 saturated heterocycles. The molecule has 1 aliphatic carbocycles. The van der Waals surface area contributed by atoms with E-state index in [9.17, 15) is 9.59 Å². The molecular formula is C15H28N2O4. The van der Waals surface area contributed by atoms with Gasteiger partial charge in [0.2, 0.25) is 5.91 Å². The van der Waals surface area contributed by atoms with Crippen LogP contribution in [0.5, 0.6) is 0 Å². The summed E-state index contributed by atoms with van der Waals surface area (Å²) in [5.41, 5.74) is 4.89. The highest BCUT2D eigenvalue weighted by molar-refractivity contribution is 5.88. The maximum atomic E-state index is 12.4. The van der Waals surface area contributed by atoms with Crippen LogP contribution in [0.15, 0.2) is 0 Å². The lowest BCUT2D eigenvalue weighted by molar-refractivity contribution is -0.170. The number of carbonyl (C=O) groups excluding carboxylic acids is 1. The lowest BCUT2D eigenvalue weighted by atomic mass is 9.54. The van der Waals surface area contributed by atoms with Crippen molar-refractivity contribution < 1.29 is 19.4 Å². The van der Waals surface area contributed by atoms with Crippen LogP contribution < -0.4 is 11.1 Å². The van der Waals surface area contributed by atoms with E-state index in [0.717, 1.165) is 0 Å². The van der Waals surface area contributed by atoms with Crippen molar-refractivity contribution in [3.8, 4) is 0 Å². The van der Waals surface area contributed by atoms with Crippen molar-refractivity contribution in [1.29, 1.82) is 0 Å². The van der Waals surface area contributed by atoms with E-state index in [-0.39, 0.29) is 24.3 Å². The number of ether oxygens (including phenoxy) is 1. The van der Waals surface area contributed by atoms with E-state index in [4.69, 9.17) is 15.6 Å². The lowest BCUT2D eigenvalue weighted by Crippen LogP contribution is -2.75. The van der Waals surface area contributed by atoms with Crippen LogP contribution in [0, 0.1) is 11.3 Å². The Hall–Kier alpha value is -1.14. The van der Waals surface area contributed by atoms with Gasteiger partial charge in [-0.05, 0) is 12.8 Å². The number of carboxylic acid groups (broad SMARTS) is 1. The van der Waals surface area contributed by atoms with Crippen molar-refractivity contribution >= 4 is 11.9 Å². The quantitative estimate of drug-likeness (QED) is 0.624. The van der Waals surface area contributed by atoms with E-state index < -0.39 is 16.9 Å². The smallest absolute Gasteiger partial charge is 0.303 e. The molecule has 0 aliphatic heterocycles. The Kier molecular flexibility index (Phi) is 5.75. The SMILES string of the molecule is CCOC1CC(N)(C(=O)NCC(CC)CC(=O)O)C1(C)C. The highest BCUT2D eigenvalue weighted by Gasteiger charge is 2.62. The number of aliphatic carboxylic acids is 1. The fourth-order valence-electron chi connectivity index (χ4n) is 2.82. The van der Waals surface area contributed by atoms with Gasteiger partial charge in [0.25, 0.3) is 0 Å². The molecule has 0 bridgehead atoms. The fraction of sp³-hybridized carbons (Fsp3) is 0.867. The van der Waals surface area contributed by atoms with Gasteiger partial charge < -0.3 is 20.9 Å². The number of hydrogen-bond donors (Lipinski definition) is 3. The Morgan fingerprint density at radius 2 is 2.05 bits per heavy atom. The van der Waals surface area contributed by atoms with Gasteiger partial charge in [-0.25, -0.2) is 0 Å². The van der Waals surface area contributed by atoms with E-state index >= 15 is 0 Å². The molecule has 0 heterocycles. The number of carboxylic acids is 1. The van der Waals surface area contributed by atoms with E-state index in [1.165, 1.54) is 0 Å². The zero-order chi connectivity index (χ0) is 16.3. The second-order valence-electron chi connectivity index (χ2n) is 6.42. The van der Waals surface area contributed by atoms with Crippen LogP contribution in [-0.2, 0) is 14.3 Å². The highest BCUT2D eigenvalue weighted by atomic mass is 16.5. The van der Waals surface area contributed by atoms with Crippen LogP contribution in [0.1, 0.15) is 47.0 Å². The summed E-state index contributed by atoms with van der Waals surface area (Å²) in [5.74, 6) is -1.13. The van der Waals surface area contributed by atoms with Crippen molar-refractivity contribution in [1.82, 2.24) is 5.32 Å². The second kappa shape index (κ2) is 6.75. The predicted octanol–water partition coefficient (Wildman–Crippen LogP) is 1.14. The molecule has 3 atom stereocenters. The Balaban J connectivity index is 2.58. The first kappa shape index (κ1) is 17.9. The summed E-state index contributed by atoms with van der Waals surface area (Å²) in [4.78, 5) is 23.1. The van der Waals surface area contributed by atoms with E-state index in [2.05, 4.69) is 5.32 Å². The number of nitrogens with one attached hydrogen (secondary N) is 1. The van der Waals surface area contributed by atoms with E-state index in [1.807, 2.05) is 27.7 Å². The third-order valence-corrected chi connectivity index (χ3v) is 4.83. The number of rotatable bonds is 8. The standard InChI is InChI=1S/C15H28N2O4/c1-5-10(7-12(18)19)9-17-13(20)15(16)8-11(21-6-2)14(15,3)4/h10-11H,5-9,16H2,1-4H3,(H,17,20)(H,18,19). The van der Waals surface area contributed by atoms with Gasteiger partial charge in [0.1, 0.15) is 5.54 Å². The minimum Gasteiger partial charge on any atom is -0.481 e. The van der Waals surface area contributed by atoms with Gasteiger partial charge >= 0.3 is 5.97 Å². The van der Waals surface area contributed by atoms with Crippen LogP contribution in [0.3, 0.4) is 0 Å². The van der Waals surface area contributed by atoms with Gasteiger partial charge in [-0.3, -0.25) is 9.59 Å². The number of carbonyl (C=O) groups is 2. The van der Waals surface area contributed by atoms with Crippen LogP contribution in [0.25, 0.3) is 0 Å². The summed E-state index contributed by atoms with van der Waals surface area (Å²) in [6.07, 6.45) is 1.24. The predicted molar refractivity (Wildman–Crippen MR) is 79.8 cm³/mol. The Labute approximate surface area is 126 Å². The van der Waals surface area contributed by atoms with E-state index in [0.29, 0.717) is 26.0 Å². The summed E-state index contributed by atoms with van der Waals surface area (Å²) in [6.45, 7) is 8.65. The van der Waals surface area contributed by atoms with Crippen molar-refractivity contribution in [2.75, 3.05) is 13.2 Å².